The van der Waals surface area contributed by atoms with Crippen LogP contribution in [0.4, 0.5) is 10.1 Å². The number of carbonyl (C=O) groups is 1. The first-order chi connectivity index (χ1) is 24.2. The van der Waals surface area contributed by atoms with Gasteiger partial charge < -0.3 is 19.1 Å². The number of rotatable bonds is 5. The summed E-state index contributed by atoms with van der Waals surface area (Å²) in [6, 6.07) is 11.9. The molecular weight excluding hydrogens is 677 g/mol. The van der Waals surface area contributed by atoms with Crippen molar-refractivity contribution in [1.29, 1.82) is 0 Å². The van der Waals surface area contributed by atoms with Crippen molar-refractivity contribution in [3.63, 3.8) is 0 Å². The minimum Gasteiger partial charge on any atom is -0.491 e. The van der Waals surface area contributed by atoms with Gasteiger partial charge in [0.2, 0.25) is 0 Å². The molecular formula is C39H53ClFN3O5S. The fraction of sp³-hybridized carbons (Fsp3) is 0.667. The van der Waals surface area contributed by atoms with Gasteiger partial charge in [-0.25, -0.2) is 8.60 Å². The summed E-state index contributed by atoms with van der Waals surface area (Å²) >= 11 is 6.47. The zero-order chi connectivity index (χ0) is 34.9. The Balaban J connectivity index is 1.19. The summed E-state index contributed by atoms with van der Waals surface area (Å²) in [6.45, 7) is 10.4. The van der Waals surface area contributed by atoms with Crippen LogP contribution >= 0.6 is 11.6 Å². The molecule has 8 nitrogen and oxygen atoms in total. The van der Waals surface area contributed by atoms with Gasteiger partial charge in [-0.05, 0) is 98.2 Å². The first kappa shape index (κ1) is 36.1. The molecule has 1 saturated carbocycles. The Bertz CT molecular complexity index is 1540. The Hall–Kier alpha value is -2.24. The zero-order valence-electron chi connectivity index (χ0n) is 29.7. The van der Waals surface area contributed by atoms with E-state index >= 15 is 0 Å². The minimum atomic E-state index is -1.53. The average Bonchev–Trinajstić information content (AvgIpc) is 3.26. The molecule has 0 radical (unpaired) electrons. The molecule has 1 amide bonds. The second kappa shape index (κ2) is 15.8. The number of amides is 1. The molecule has 4 aliphatic heterocycles. The number of ether oxygens (including phenoxy) is 3. The molecule has 2 bridgehead atoms. The van der Waals surface area contributed by atoms with Gasteiger partial charge in [0.05, 0.1) is 36.8 Å². The summed E-state index contributed by atoms with van der Waals surface area (Å²) in [4.78, 5) is 18.1. The number of fused-ring (bicyclic) bond motifs is 2. The second-order valence-electron chi connectivity index (χ2n) is 15.4. The fourth-order valence-corrected chi connectivity index (χ4v) is 10.00. The van der Waals surface area contributed by atoms with Gasteiger partial charge in [-0.1, -0.05) is 44.4 Å². The predicted molar refractivity (Wildman–Crippen MR) is 196 cm³/mol. The zero-order valence-corrected chi connectivity index (χ0v) is 31.2. The van der Waals surface area contributed by atoms with Gasteiger partial charge in [0.15, 0.2) is 6.29 Å². The van der Waals surface area contributed by atoms with Crippen molar-refractivity contribution < 1.29 is 27.6 Å². The third-order valence-corrected chi connectivity index (χ3v) is 13.9. The Labute approximate surface area is 304 Å². The van der Waals surface area contributed by atoms with E-state index < -0.39 is 17.2 Å². The molecule has 2 aromatic rings. The van der Waals surface area contributed by atoms with Gasteiger partial charge >= 0.3 is 0 Å². The van der Waals surface area contributed by atoms with E-state index in [9.17, 15) is 13.4 Å². The number of aryl methyl sites for hydroxylation is 1. The maximum Gasteiger partial charge on any atom is 0.263 e. The number of nitrogens with one attached hydrogen (secondary N) is 1. The average molecular weight is 730 g/mol. The number of alkyl halides is 1. The number of likely N-dealkylation sites (tertiary alicyclic amines) is 1. The third kappa shape index (κ3) is 7.75. The van der Waals surface area contributed by atoms with Crippen molar-refractivity contribution in [3.8, 4) is 5.75 Å². The van der Waals surface area contributed by atoms with Crippen LogP contribution < -0.4 is 14.4 Å². The van der Waals surface area contributed by atoms with E-state index in [0.29, 0.717) is 50.3 Å². The maximum absolute atomic E-state index is 13.6. The van der Waals surface area contributed by atoms with Crippen LogP contribution in [0.25, 0.3) is 0 Å². The summed E-state index contributed by atoms with van der Waals surface area (Å²) in [6.07, 6.45) is 6.00. The normalized spacial score (nSPS) is 34.4. The number of benzene rings is 2. The van der Waals surface area contributed by atoms with Gasteiger partial charge in [0, 0.05) is 48.6 Å². The van der Waals surface area contributed by atoms with Crippen LogP contribution in [0.2, 0.25) is 5.02 Å². The SMILES string of the molecule is CCCc1cc(Cl)ccc1C1COc2ccc3cc2N(C1)CC1CCC1C(C1OCC(N2CC(F)C2)CO1)CCCC(C)C(C)S(=O)NC3=O. The largest absolute Gasteiger partial charge is 0.491 e. The lowest BCUT2D eigenvalue weighted by Crippen LogP contribution is -2.59. The highest BCUT2D eigenvalue weighted by atomic mass is 35.5. The number of hydrogen-bond acceptors (Lipinski definition) is 7. The van der Waals surface area contributed by atoms with E-state index in [1.54, 1.807) is 6.07 Å². The molecule has 7 rings (SSSR count). The topological polar surface area (TPSA) is 80.3 Å². The minimum absolute atomic E-state index is 0.109. The van der Waals surface area contributed by atoms with Crippen LogP contribution in [-0.4, -0.2) is 84.8 Å². The number of anilines is 1. The molecule has 4 heterocycles. The molecule has 11 heteroatoms. The molecule has 50 heavy (non-hydrogen) atoms. The summed E-state index contributed by atoms with van der Waals surface area (Å²) < 4.78 is 49.3. The number of halogens is 2. The molecule has 1 N–H and O–H groups in total. The van der Waals surface area contributed by atoms with Crippen LogP contribution in [0.1, 0.15) is 86.7 Å². The molecule has 2 aromatic carbocycles. The molecule has 2 saturated heterocycles. The maximum atomic E-state index is 13.6. The lowest BCUT2D eigenvalue weighted by molar-refractivity contribution is -0.249. The predicted octanol–water partition coefficient (Wildman–Crippen LogP) is 6.91. The van der Waals surface area contributed by atoms with Gasteiger partial charge in [0.1, 0.15) is 22.9 Å². The highest BCUT2D eigenvalue weighted by molar-refractivity contribution is 7.84. The fourth-order valence-electron chi connectivity index (χ4n) is 8.76. The third-order valence-electron chi connectivity index (χ3n) is 12.2. The molecule has 0 spiro atoms. The smallest absolute Gasteiger partial charge is 0.263 e. The second-order valence-corrected chi connectivity index (χ2v) is 17.4. The highest BCUT2D eigenvalue weighted by Gasteiger charge is 2.45. The van der Waals surface area contributed by atoms with Gasteiger partial charge in [-0.2, -0.15) is 0 Å². The van der Waals surface area contributed by atoms with Crippen molar-refractivity contribution in [3.05, 3.63) is 58.1 Å². The molecule has 3 fully saturated rings. The van der Waals surface area contributed by atoms with E-state index in [-0.39, 0.29) is 41.2 Å². The molecule has 7 unspecified atom stereocenters. The van der Waals surface area contributed by atoms with E-state index in [2.05, 4.69) is 40.5 Å². The van der Waals surface area contributed by atoms with E-state index in [4.69, 9.17) is 25.8 Å². The molecule has 7 atom stereocenters. The van der Waals surface area contributed by atoms with Crippen LogP contribution in [0, 0.1) is 23.7 Å². The van der Waals surface area contributed by atoms with Gasteiger partial charge in [0.25, 0.3) is 5.91 Å². The van der Waals surface area contributed by atoms with Gasteiger partial charge in [-0.15, -0.1) is 0 Å². The van der Waals surface area contributed by atoms with Crippen molar-refractivity contribution >= 4 is 34.2 Å². The molecule has 5 aliphatic rings. The van der Waals surface area contributed by atoms with E-state index in [1.165, 1.54) is 11.1 Å². The summed E-state index contributed by atoms with van der Waals surface area (Å²) in [5.41, 5.74) is 3.90. The Morgan fingerprint density at radius 2 is 1.76 bits per heavy atom. The Morgan fingerprint density at radius 3 is 2.48 bits per heavy atom. The van der Waals surface area contributed by atoms with Crippen LogP contribution in [0.3, 0.4) is 0 Å². The van der Waals surface area contributed by atoms with Crippen LogP contribution in [0.5, 0.6) is 5.75 Å². The van der Waals surface area contributed by atoms with E-state index in [1.807, 2.05) is 25.1 Å². The van der Waals surface area contributed by atoms with Crippen molar-refractivity contribution in [2.24, 2.45) is 23.7 Å². The standard InChI is InChI=1S/C39H53ClFN3O5S/c1-4-6-26-15-30(40)11-13-33(26)29-18-44-17-28-9-12-34(28)35(39-48-22-32(23-49-39)43-19-31(41)20-43)8-5-7-24(2)25(3)50(46)42-38(45)27-10-14-37(47-21-29)36(44)16-27/h10-11,13-16,24-25,28-29,31-32,34-35,39H,4-9,12,17-23H2,1-3H3,(H,42,45). The lowest BCUT2D eigenvalue weighted by atomic mass is 9.65. The highest BCUT2D eigenvalue weighted by Crippen LogP contribution is 2.47. The number of carbonyl (C=O) groups excluding carboxylic acids is 1. The number of hydrogen-bond donors (Lipinski definition) is 1. The molecule has 0 aromatic heterocycles. The summed E-state index contributed by atoms with van der Waals surface area (Å²) in [7, 11) is -1.53. The Kier molecular flexibility index (Phi) is 11.4. The summed E-state index contributed by atoms with van der Waals surface area (Å²) in [5, 5.41) is 0.550. The quantitative estimate of drug-likeness (QED) is 0.358. The van der Waals surface area contributed by atoms with Gasteiger partial charge in [-0.3, -0.25) is 14.4 Å². The number of nitrogens with zero attached hydrogens (tertiary/aromatic N) is 2. The van der Waals surface area contributed by atoms with Crippen molar-refractivity contribution in [2.75, 3.05) is 50.9 Å². The van der Waals surface area contributed by atoms with Crippen molar-refractivity contribution in [1.82, 2.24) is 9.62 Å². The lowest BCUT2D eigenvalue weighted by Gasteiger charge is -2.49. The molecule has 274 valence electrons. The van der Waals surface area contributed by atoms with Crippen LogP contribution in [0.15, 0.2) is 36.4 Å². The van der Waals surface area contributed by atoms with Crippen molar-refractivity contribution in [2.45, 2.75) is 95.4 Å². The monoisotopic (exact) mass is 729 g/mol. The molecule has 1 aliphatic carbocycles. The first-order valence-electron chi connectivity index (χ1n) is 18.8. The Morgan fingerprint density at radius 1 is 0.960 bits per heavy atom. The summed E-state index contributed by atoms with van der Waals surface area (Å²) in [5.74, 6) is 1.80. The van der Waals surface area contributed by atoms with Crippen LogP contribution in [-0.2, 0) is 26.9 Å². The first-order valence-corrected chi connectivity index (χ1v) is 20.4. The van der Waals surface area contributed by atoms with E-state index in [0.717, 1.165) is 74.5 Å².